The van der Waals surface area contributed by atoms with E-state index >= 15 is 0 Å². The summed E-state index contributed by atoms with van der Waals surface area (Å²) < 4.78 is 4.90. The fourth-order valence-electron chi connectivity index (χ4n) is 2.92. The number of amides is 2. The van der Waals surface area contributed by atoms with Crippen molar-refractivity contribution in [2.75, 3.05) is 17.7 Å². The summed E-state index contributed by atoms with van der Waals surface area (Å²) in [6, 6.07) is 3.25. The van der Waals surface area contributed by atoms with Crippen molar-refractivity contribution in [2.24, 2.45) is 0 Å². The van der Waals surface area contributed by atoms with Crippen LogP contribution in [0.4, 0.5) is 5.69 Å². The molecule has 0 aromatic heterocycles. The Morgan fingerprint density at radius 2 is 1.92 bits per heavy atom. The first-order valence-electron chi connectivity index (χ1n) is 8.46. The molecule has 1 heterocycles. The second-order valence-corrected chi connectivity index (χ2v) is 7.22. The van der Waals surface area contributed by atoms with Crippen LogP contribution in [-0.4, -0.2) is 41.1 Å². The smallest absolute Gasteiger partial charge is 0.333 e. The van der Waals surface area contributed by atoms with Gasteiger partial charge in [0.25, 0.3) is 0 Å². The molecule has 1 fully saturated rings. The van der Waals surface area contributed by atoms with Crippen LogP contribution in [0, 0.1) is 20.8 Å². The Morgan fingerprint density at radius 1 is 1.31 bits per heavy atom. The van der Waals surface area contributed by atoms with E-state index in [-0.39, 0.29) is 24.2 Å². The highest BCUT2D eigenvalue weighted by Gasteiger charge is 2.35. The third kappa shape index (κ3) is 4.46. The molecule has 1 saturated heterocycles. The van der Waals surface area contributed by atoms with Gasteiger partial charge >= 0.3 is 5.97 Å². The maximum atomic E-state index is 12.7. The van der Waals surface area contributed by atoms with Gasteiger partial charge in [-0.05, 0) is 45.7 Å². The number of benzene rings is 1. The zero-order valence-corrected chi connectivity index (χ0v) is 16.5. The molecule has 2 amide bonds. The second-order valence-electron chi connectivity index (χ2n) is 6.23. The van der Waals surface area contributed by atoms with E-state index in [0.717, 1.165) is 22.4 Å². The van der Waals surface area contributed by atoms with Crippen molar-refractivity contribution in [3.63, 3.8) is 0 Å². The first-order valence-corrected chi connectivity index (χ1v) is 9.45. The number of carbonyl (C=O) groups excluding carboxylic acids is 3. The topological polar surface area (TPSA) is 75.7 Å². The van der Waals surface area contributed by atoms with Gasteiger partial charge < -0.3 is 10.1 Å². The normalized spacial score (nSPS) is 16.7. The molecule has 1 unspecified atom stereocenters. The number of rotatable bonds is 5. The molecule has 1 atom stereocenters. The van der Waals surface area contributed by atoms with Crippen LogP contribution < -0.4 is 5.32 Å². The molecule has 1 aliphatic heterocycles. The largest absolute Gasteiger partial charge is 0.463 e. The molecule has 1 aromatic carbocycles. The first kappa shape index (κ1) is 20.0. The Kier molecular flexibility index (Phi) is 6.47. The number of aryl methyl sites for hydroxylation is 3. The Balaban J connectivity index is 2.21. The molecular weight excluding hydrogens is 352 g/mol. The molecule has 0 bridgehead atoms. The van der Waals surface area contributed by atoms with Gasteiger partial charge in [0, 0.05) is 5.69 Å². The fourth-order valence-corrected chi connectivity index (χ4v) is 3.91. The van der Waals surface area contributed by atoms with Crippen molar-refractivity contribution in [2.45, 2.75) is 40.7 Å². The molecule has 0 saturated carbocycles. The third-order valence-corrected chi connectivity index (χ3v) is 5.07. The molecule has 26 heavy (non-hydrogen) atoms. The Morgan fingerprint density at radius 3 is 2.50 bits per heavy atom. The fraction of sp³-hybridized carbons (Fsp3) is 0.421. The summed E-state index contributed by atoms with van der Waals surface area (Å²) in [5.41, 5.74) is 3.81. The molecule has 0 spiro atoms. The van der Waals surface area contributed by atoms with Gasteiger partial charge in [-0.1, -0.05) is 29.5 Å². The van der Waals surface area contributed by atoms with Gasteiger partial charge in [0.2, 0.25) is 11.8 Å². The number of hydrogen-bond acceptors (Lipinski definition) is 5. The maximum Gasteiger partial charge on any atom is 0.333 e. The number of ether oxygens (including phenoxy) is 1. The Hall–Kier alpha value is -2.28. The molecule has 6 nitrogen and oxygen atoms in total. The van der Waals surface area contributed by atoms with Gasteiger partial charge in [-0.2, -0.15) is 0 Å². The number of carbonyl (C=O) groups is 3. The Labute approximate surface area is 158 Å². The highest BCUT2D eigenvalue weighted by Crippen LogP contribution is 2.31. The van der Waals surface area contributed by atoms with Crippen LogP contribution >= 0.6 is 11.8 Å². The molecular formula is C19H24N2O4S. The minimum atomic E-state index is -0.738. The molecule has 1 N–H and O–H groups in total. The second kappa shape index (κ2) is 8.40. The van der Waals surface area contributed by atoms with E-state index in [4.69, 9.17) is 4.74 Å². The van der Waals surface area contributed by atoms with Crippen molar-refractivity contribution < 1.29 is 19.1 Å². The maximum absolute atomic E-state index is 12.7. The zero-order valence-electron chi connectivity index (χ0n) is 15.7. The standard InChI is InChI=1S/C19H24N2O4S/c1-6-25-17(23)9-16-21(15(22)10-26-16)14(5)19(24)20-18-12(3)7-11(2)8-13(18)4/h7-9,14H,6,10H2,1-5H3,(H,20,24). The van der Waals surface area contributed by atoms with Crippen LogP contribution in [0.15, 0.2) is 23.2 Å². The van der Waals surface area contributed by atoms with Crippen molar-refractivity contribution in [1.29, 1.82) is 0 Å². The van der Waals surface area contributed by atoms with E-state index in [1.807, 2.05) is 32.9 Å². The Bertz CT molecular complexity index is 750. The number of nitrogens with zero attached hydrogens (tertiary/aromatic N) is 1. The minimum Gasteiger partial charge on any atom is -0.463 e. The first-order chi connectivity index (χ1) is 12.2. The predicted molar refractivity (Wildman–Crippen MR) is 103 cm³/mol. The van der Waals surface area contributed by atoms with Crippen molar-refractivity contribution >= 4 is 35.2 Å². The van der Waals surface area contributed by atoms with Gasteiger partial charge in [-0.25, -0.2) is 4.79 Å². The monoisotopic (exact) mass is 376 g/mol. The van der Waals surface area contributed by atoms with Gasteiger partial charge in [-0.3, -0.25) is 14.5 Å². The van der Waals surface area contributed by atoms with Crippen molar-refractivity contribution in [3.05, 3.63) is 39.9 Å². The van der Waals surface area contributed by atoms with E-state index in [0.29, 0.717) is 5.03 Å². The van der Waals surface area contributed by atoms with Crippen molar-refractivity contribution in [1.82, 2.24) is 4.90 Å². The summed E-state index contributed by atoms with van der Waals surface area (Å²) in [6.07, 6.45) is 1.27. The lowest BCUT2D eigenvalue weighted by molar-refractivity contribution is -0.137. The lowest BCUT2D eigenvalue weighted by Gasteiger charge is -2.25. The average Bonchev–Trinajstić information content (AvgIpc) is 2.90. The van der Waals surface area contributed by atoms with Crippen LogP contribution in [0.25, 0.3) is 0 Å². The summed E-state index contributed by atoms with van der Waals surface area (Å²) >= 11 is 1.23. The van der Waals surface area contributed by atoms with E-state index in [9.17, 15) is 14.4 Å². The van der Waals surface area contributed by atoms with E-state index in [2.05, 4.69) is 5.32 Å². The molecule has 1 aromatic rings. The van der Waals surface area contributed by atoms with Crippen LogP contribution in [0.5, 0.6) is 0 Å². The number of esters is 1. The summed E-state index contributed by atoms with van der Waals surface area (Å²) in [5.74, 6) is -0.824. The average molecular weight is 376 g/mol. The molecule has 2 rings (SSSR count). The highest BCUT2D eigenvalue weighted by atomic mass is 32.2. The van der Waals surface area contributed by atoms with Gasteiger partial charge in [-0.15, -0.1) is 0 Å². The lowest BCUT2D eigenvalue weighted by Crippen LogP contribution is -2.42. The third-order valence-electron chi connectivity index (χ3n) is 4.07. The molecule has 1 aliphatic rings. The minimum absolute atomic E-state index is 0.200. The molecule has 7 heteroatoms. The van der Waals surface area contributed by atoms with Crippen molar-refractivity contribution in [3.8, 4) is 0 Å². The van der Waals surface area contributed by atoms with E-state index < -0.39 is 12.0 Å². The number of thioether (sulfide) groups is 1. The number of anilines is 1. The summed E-state index contributed by atoms with van der Waals surface area (Å²) in [7, 11) is 0. The zero-order chi connectivity index (χ0) is 19.4. The van der Waals surface area contributed by atoms with Gasteiger partial charge in [0.15, 0.2) is 0 Å². The van der Waals surface area contributed by atoms with Gasteiger partial charge in [0.1, 0.15) is 6.04 Å². The quantitative estimate of drug-likeness (QED) is 0.632. The van der Waals surface area contributed by atoms with E-state index in [1.54, 1.807) is 13.8 Å². The summed E-state index contributed by atoms with van der Waals surface area (Å²) in [4.78, 5) is 38.0. The summed E-state index contributed by atoms with van der Waals surface area (Å²) in [5, 5.41) is 3.35. The predicted octanol–water partition coefficient (Wildman–Crippen LogP) is 2.92. The van der Waals surface area contributed by atoms with E-state index in [1.165, 1.54) is 22.7 Å². The van der Waals surface area contributed by atoms with Gasteiger partial charge in [0.05, 0.1) is 23.5 Å². The highest BCUT2D eigenvalue weighted by molar-refractivity contribution is 8.04. The van der Waals surface area contributed by atoms with Crippen LogP contribution in [-0.2, 0) is 19.1 Å². The SMILES string of the molecule is CCOC(=O)C=C1SCC(=O)N1C(C)C(=O)Nc1c(C)cc(C)cc1C. The lowest BCUT2D eigenvalue weighted by atomic mass is 10.0. The molecule has 0 radical (unpaired) electrons. The molecule has 140 valence electrons. The number of nitrogens with one attached hydrogen (secondary N) is 1. The molecule has 0 aliphatic carbocycles. The van der Waals surface area contributed by atoms with Crippen LogP contribution in [0.2, 0.25) is 0 Å². The summed E-state index contributed by atoms with van der Waals surface area (Å²) in [6.45, 7) is 9.48. The van der Waals surface area contributed by atoms with Crippen LogP contribution in [0.1, 0.15) is 30.5 Å². The van der Waals surface area contributed by atoms with Crippen LogP contribution in [0.3, 0.4) is 0 Å². The number of hydrogen-bond donors (Lipinski definition) is 1.